The molecule has 2 aliphatic rings. The molecule has 3 rings (SSSR count). The molecule has 0 radical (unpaired) electrons. The molecule has 2 aliphatic heterocycles. The molecule has 0 spiro atoms. The van der Waals surface area contributed by atoms with Gasteiger partial charge in [-0.1, -0.05) is 32.0 Å². The highest BCUT2D eigenvalue weighted by Crippen LogP contribution is 2.28. The molecule has 1 amide bonds. The van der Waals surface area contributed by atoms with Crippen LogP contribution in [0.2, 0.25) is 0 Å². The summed E-state index contributed by atoms with van der Waals surface area (Å²) in [4.78, 5) is 16.8. The fraction of sp³-hybridized carbons (Fsp3) is 0.588. The van der Waals surface area contributed by atoms with E-state index in [1.165, 1.54) is 0 Å². The third-order valence-corrected chi connectivity index (χ3v) is 6.37. The van der Waals surface area contributed by atoms with Crippen molar-refractivity contribution in [3.8, 4) is 0 Å². The molecule has 5 nitrogen and oxygen atoms in total. The number of carbonyl (C=O) groups excluding carboxylic acids is 1. The summed E-state index contributed by atoms with van der Waals surface area (Å²) >= 11 is 0. The number of benzene rings is 1. The van der Waals surface area contributed by atoms with Crippen LogP contribution in [0.4, 0.5) is 0 Å². The van der Waals surface area contributed by atoms with Crippen molar-refractivity contribution in [3.05, 3.63) is 35.9 Å². The van der Waals surface area contributed by atoms with E-state index in [4.69, 9.17) is 0 Å². The lowest BCUT2D eigenvalue weighted by Gasteiger charge is -2.44. The van der Waals surface area contributed by atoms with Crippen LogP contribution >= 0.6 is 0 Å². The highest BCUT2D eigenvalue weighted by molar-refractivity contribution is 7.91. The number of piperazine rings is 1. The predicted molar refractivity (Wildman–Crippen MR) is 90.1 cm³/mol. The summed E-state index contributed by atoms with van der Waals surface area (Å²) in [6.07, 6.45) is 0. The summed E-state index contributed by atoms with van der Waals surface area (Å²) in [6.45, 7) is 6.49. The Kier molecular flexibility index (Phi) is 4.47. The van der Waals surface area contributed by atoms with Gasteiger partial charge in [0.15, 0.2) is 9.84 Å². The first-order valence-corrected chi connectivity index (χ1v) is 10.00. The molecule has 2 fully saturated rings. The van der Waals surface area contributed by atoms with E-state index in [2.05, 4.69) is 18.7 Å². The number of sulfone groups is 1. The Morgan fingerprint density at radius 1 is 1.13 bits per heavy atom. The van der Waals surface area contributed by atoms with Crippen LogP contribution in [0.3, 0.4) is 0 Å². The van der Waals surface area contributed by atoms with Crippen molar-refractivity contribution >= 4 is 15.7 Å². The van der Waals surface area contributed by atoms with E-state index in [0.717, 1.165) is 13.1 Å². The number of hydrogen-bond acceptors (Lipinski definition) is 4. The third-order valence-electron chi connectivity index (χ3n) is 4.67. The number of nitrogens with zero attached hydrogens (tertiary/aromatic N) is 2. The summed E-state index contributed by atoms with van der Waals surface area (Å²) in [5.74, 6) is 0.686. The number of rotatable bonds is 3. The van der Waals surface area contributed by atoms with Crippen LogP contribution in [0.5, 0.6) is 0 Å². The lowest BCUT2D eigenvalue weighted by Crippen LogP contribution is -2.61. The van der Waals surface area contributed by atoms with Crippen molar-refractivity contribution in [1.29, 1.82) is 0 Å². The lowest BCUT2D eigenvalue weighted by molar-refractivity contribution is 0.0297. The summed E-state index contributed by atoms with van der Waals surface area (Å²) < 4.78 is 24.3. The number of amides is 1. The van der Waals surface area contributed by atoms with E-state index in [-0.39, 0.29) is 29.5 Å². The zero-order chi connectivity index (χ0) is 16.6. The van der Waals surface area contributed by atoms with Gasteiger partial charge >= 0.3 is 0 Å². The van der Waals surface area contributed by atoms with Gasteiger partial charge in [0.25, 0.3) is 5.91 Å². The Labute approximate surface area is 138 Å². The normalized spacial score (nSPS) is 27.2. The second-order valence-corrected chi connectivity index (χ2v) is 9.12. The van der Waals surface area contributed by atoms with Crippen LogP contribution in [0.1, 0.15) is 24.2 Å². The monoisotopic (exact) mass is 336 g/mol. The maximum Gasteiger partial charge on any atom is 0.254 e. The van der Waals surface area contributed by atoms with Crippen molar-refractivity contribution in [3.63, 3.8) is 0 Å². The number of carbonyl (C=O) groups is 1. The quantitative estimate of drug-likeness (QED) is 0.834. The Balaban J connectivity index is 1.85. The van der Waals surface area contributed by atoms with Gasteiger partial charge in [0, 0.05) is 31.2 Å². The molecule has 1 aromatic rings. The van der Waals surface area contributed by atoms with Crippen molar-refractivity contribution in [2.45, 2.75) is 25.9 Å². The second-order valence-electron chi connectivity index (χ2n) is 6.96. The maximum absolute atomic E-state index is 12.8. The number of fused-ring (bicyclic) bond motifs is 1. The van der Waals surface area contributed by atoms with Gasteiger partial charge in [-0.25, -0.2) is 8.42 Å². The smallest absolute Gasteiger partial charge is 0.254 e. The predicted octanol–water partition coefficient (Wildman–Crippen LogP) is 1.27. The van der Waals surface area contributed by atoms with E-state index in [0.29, 0.717) is 18.0 Å². The van der Waals surface area contributed by atoms with Crippen molar-refractivity contribution in [1.82, 2.24) is 9.80 Å². The minimum absolute atomic E-state index is 0.0538. The molecule has 126 valence electrons. The molecule has 6 heteroatoms. The molecule has 23 heavy (non-hydrogen) atoms. The lowest BCUT2D eigenvalue weighted by atomic mass is 10.0. The molecule has 0 N–H and O–H groups in total. The van der Waals surface area contributed by atoms with Gasteiger partial charge in [-0.3, -0.25) is 9.69 Å². The standard InChI is InChI=1S/C17H24N2O3S/c1-13(2)10-18-8-9-19(16-12-23(21,22)11-15(16)18)17(20)14-6-4-3-5-7-14/h3-7,13,15-16H,8-12H2,1-2H3. The Hall–Kier alpha value is -1.40. The number of hydrogen-bond donors (Lipinski definition) is 0. The molecule has 0 aliphatic carbocycles. The van der Waals surface area contributed by atoms with Gasteiger partial charge in [-0.05, 0) is 18.1 Å². The summed E-state index contributed by atoms with van der Waals surface area (Å²) in [7, 11) is -3.08. The van der Waals surface area contributed by atoms with Gasteiger partial charge in [0.1, 0.15) is 0 Å². The van der Waals surface area contributed by atoms with Crippen molar-refractivity contribution < 1.29 is 13.2 Å². The maximum atomic E-state index is 12.8. The molecule has 2 unspecified atom stereocenters. The van der Waals surface area contributed by atoms with Crippen molar-refractivity contribution in [2.75, 3.05) is 31.1 Å². The first kappa shape index (κ1) is 16.5. The zero-order valence-electron chi connectivity index (χ0n) is 13.7. The zero-order valence-corrected chi connectivity index (χ0v) is 14.5. The highest BCUT2D eigenvalue weighted by atomic mass is 32.2. The van der Waals surface area contributed by atoms with Crippen LogP contribution < -0.4 is 0 Å². The molecule has 2 heterocycles. The molecular weight excluding hydrogens is 312 g/mol. The fourth-order valence-corrected chi connectivity index (χ4v) is 5.73. The summed E-state index contributed by atoms with van der Waals surface area (Å²) in [5.41, 5.74) is 0.632. The largest absolute Gasteiger partial charge is 0.332 e. The van der Waals surface area contributed by atoms with Gasteiger partial charge in [0.2, 0.25) is 0 Å². The van der Waals surface area contributed by atoms with Gasteiger partial charge in [0.05, 0.1) is 17.5 Å². The molecule has 2 saturated heterocycles. The average Bonchev–Trinajstić information content (AvgIpc) is 2.83. The second kappa shape index (κ2) is 6.24. The molecular formula is C17H24N2O3S. The molecule has 0 saturated carbocycles. The van der Waals surface area contributed by atoms with Gasteiger partial charge < -0.3 is 4.90 Å². The van der Waals surface area contributed by atoms with Crippen LogP contribution in [0, 0.1) is 5.92 Å². The summed E-state index contributed by atoms with van der Waals surface area (Å²) in [5, 5.41) is 0. The van der Waals surface area contributed by atoms with E-state index in [9.17, 15) is 13.2 Å². The van der Waals surface area contributed by atoms with Crippen LogP contribution in [-0.4, -0.2) is 67.3 Å². The molecule has 0 aromatic heterocycles. The first-order chi connectivity index (χ1) is 10.9. The minimum Gasteiger partial charge on any atom is -0.332 e. The topological polar surface area (TPSA) is 57.7 Å². The minimum atomic E-state index is -3.08. The van der Waals surface area contributed by atoms with Crippen LogP contribution in [0.15, 0.2) is 30.3 Å². The van der Waals surface area contributed by atoms with Crippen molar-refractivity contribution in [2.24, 2.45) is 5.92 Å². The van der Waals surface area contributed by atoms with Gasteiger partial charge in [-0.2, -0.15) is 0 Å². The van der Waals surface area contributed by atoms with E-state index >= 15 is 0 Å². The average molecular weight is 336 g/mol. The molecule has 1 aromatic carbocycles. The Bertz CT molecular complexity index is 672. The SMILES string of the molecule is CC(C)CN1CCN(C(=O)c2ccccc2)C2CS(=O)(=O)CC21. The third kappa shape index (κ3) is 3.43. The van der Waals surface area contributed by atoms with Gasteiger partial charge in [-0.15, -0.1) is 0 Å². The highest BCUT2D eigenvalue weighted by Gasteiger charge is 2.48. The Morgan fingerprint density at radius 2 is 1.78 bits per heavy atom. The van der Waals surface area contributed by atoms with E-state index < -0.39 is 9.84 Å². The Morgan fingerprint density at radius 3 is 2.43 bits per heavy atom. The van der Waals surface area contributed by atoms with E-state index in [1.54, 1.807) is 17.0 Å². The fourth-order valence-electron chi connectivity index (χ4n) is 3.72. The van der Waals surface area contributed by atoms with Crippen LogP contribution in [-0.2, 0) is 9.84 Å². The summed E-state index contributed by atoms with van der Waals surface area (Å²) in [6, 6.07) is 8.85. The first-order valence-electron chi connectivity index (χ1n) is 8.18. The van der Waals surface area contributed by atoms with E-state index in [1.807, 2.05) is 18.2 Å². The van der Waals surface area contributed by atoms with Crippen LogP contribution in [0.25, 0.3) is 0 Å². The molecule has 0 bridgehead atoms. The molecule has 2 atom stereocenters.